The average Bonchev–Trinajstić information content (AvgIpc) is 2.65. The van der Waals surface area contributed by atoms with Crippen molar-refractivity contribution in [1.29, 1.82) is 5.26 Å². The molecule has 2 saturated heterocycles. The van der Waals surface area contributed by atoms with Crippen molar-refractivity contribution in [1.82, 2.24) is 0 Å². The van der Waals surface area contributed by atoms with Gasteiger partial charge in [0.05, 0.1) is 0 Å². The van der Waals surface area contributed by atoms with Crippen LogP contribution in [0.25, 0.3) is 0 Å². The molecule has 126 valence electrons. The summed E-state index contributed by atoms with van der Waals surface area (Å²) < 4.78 is 5.88. The van der Waals surface area contributed by atoms with Crippen LogP contribution in [-0.2, 0) is 6.61 Å². The highest BCUT2D eigenvalue weighted by molar-refractivity contribution is 6.70. The van der Waals surface area contributed by atoms with Gasteiger partial charge in [0.2, 0.25) is 0 Å². The molecule has 2 fully saturated rings. The maximum Gasteiger partial charge on any atom is 0.269 e. The summed E-state index contributed by atoms with van der Waals surface area (Å²) in [5.41, 5.74) is 2.84. The van der Waals surface area contributed by atoms with E-state index in [1.54, 1.807) is 0 Å². The van der Waals surface area contributed by atoms with Crippen molar-refractivity contribution in [3.8, 4) is 11.7 Å². The molecule has 0 radical (unpaired) electrons. The van der Waals surface area contributed by atoms with Gasteiger partial charge >= 0.3 is 0 Å². The molecule has 0 aliphatic carbocycles. The van der Waals surface area contributed by atoms with Crippen LogP contribution in [0.4, 0.5) is 5.69 Å². The monoisotopic (exact) mass is 330 g/mol. The molecule has 2 aromatic carbocycles. The Morgan fingerprint density at radius 1 is 1.08 bits per heavy atom. The van der Waals surface area contributed by atoms with Crippen molar-refractivity contribution in [3.05, 3.63) is 60.2 Å². The van der Waals surface area contributed by atoms with Crippen LogP contribution in [0.15, 0.2) is 54.6 Å². The molecular weight excluding hydrogens is 307 g/mol. The lowest BCUT2D eigenvalue weighted by molar-refractivity contribution is 0.261. The lowest BCUT2D eigenvalue weighted by Gasteiger charge is -2.50. The van der Waals surface area contributed by atoms with Crippen LogP contribution in [0.3, 0.4) is 0 Å². The Kier molecular flexibility index (Phi) is 4.40. The molecule has 4 rings (SSSR count). The number of hydrogen-bond acceptors (Lipinski definition) is 3. The number of rotatable bonds is 4. The molecule has 2 aliphatic heterocycles. The predicted octanol–water partition coefficient (Wildman–Crippen LogP) is 4.42. The zero-order chi connectivity index (χ0) is 17.1. The molecule has 0 amide bonds. The van der Waals surface area contributed by atoms with Gasteiger partial charge in [-0.25, -0.2) is 5.26 Å². The van der Waals surface area contributed by atoms with Gasteiger partial charge in [0.25, 0.3) is 6.71 Å². The second-order valence-electron chi connectivity index (χ2n) is 7.53. The number of nitrogens with zero attached hydrogens (tertiary/aromatic N) is 2. The lowest BCUT2D eigenvalue weighted by Crippen LogP contribution is -2.52. The minimum Gasteiger partial charge on any atom is -0.489 e. The number of piperidine rings is 1. The van der Waals surface area contributed by atoms with E-state index in [0.717, 1.165) is 31.5 Å². The average molecular weight is 330 g/mol. The van der Waals surface area contributed by atoms with Crippen LogP contribution in [0, 0.1) is 16.6 Å². The van der Waals surface area contributed by atoms with Crippen LogP contribution in [-0.4, -0.2) is 19.8 Å². The summed E-state index contributed by atoms with van der Waals surface area (Å²) in [4.78, 5) is 2.48. The molecular formula is C21H23BN2O. The standard InChI is InChI=1S/C21H23BN2O/c23-17-22-14-21(15-22)11-4-12-24(16-21)19-7-9-20(10-8-19)25-13-18-5-2-1-3-6-18/h1-3,5-10H,4,11-16H2. The van der Waals surface area contributed by atoms with Gasteiger partial charge in [0.1, 0.15) is 12.4 Å². The minimum absolute atomic E-state index is 0.286. The quantitative estimate of drug-likeness (QED) is 0.779. The number of hydrogen-bond donors (Lipinski definition) is 0. The van der Waals surface area contributed by atoms with Gasteiger partial charge in [-0.15, -0.1) is 0 Å². The summed E-state index contributed by atoms with van der Waals surface area (Å²) in [6.45, 7) is 3.09. The number of ether oxygens (including phenoxy) is 1. The van der Waals surface area contributed by atoms with Crippen LogP contribution in [0.1, 0.15) is 18.4 Å². The maximum absolute atomic E-state index is 9.07. The fourth-order valence-corrected chi connectivity index (χ4v) is 4.33. The first-order valence-electron chi connectivity index (χ1n) is 9.18. The zero-order valence-corrected chi connectivity index (χ0v) is 14.5. The van der Waals surface area contributed by atoms with E-state index in [1.807, 2.05) is 18.2 Å². The summed E-state index contributed by atoms with van der Waals surface area (Å²) in [6.07, 6.45) is 4.67. The van der Waals surface area contributed by atoms with Crippen molar-refractivity contribution in [3.63, 3.8) is 0 Å². The second-order valence-corrected chi connectivity index (χ2v) is 7.53. The van der Waals surface area contributed by atoms with Crippen LogP contribution in [0.5, 0.6) is 5.75 Å². The Morgan fingerprint density at radius 2 is 1.84 bits per heavy atom. The normalized spacial score (nSPS) is 18.5. The van der Waals surface area contributed by atoms with Gasteiger partial charge in [-0.1, -0.05) is 43.0 Å². The minimum atomic E-state index is 0.286. The zero-order valence-electron chi connectivity index (χ0n) is 14.5. The topological polar surface area (TPSA) is 36.3 Å². The van der Waals surface area contributed by atoms with E-state index in [4.69, 9.17) is 10.00 Å². The van der Waals surface area contributed by atoms with Gasteiger partial charge in [0, 0.05) is 24.7 Å². The fraction of sp³-hybridized carbons (Fsp3) is 0.381. The smallest absolute Gasteiger partial charge is 0.269 e. The van der Waals surface area contributed by atoms with Gasteiger partial charge in [-0.3, -0.25) is 0 Å². The highest BCUT2D eigenvalue weighted by Crippen LogP contribution is 2.49. The molecule has 0 atom stereocenters. The molecule has 0 bridgehead atoms. The Morgan fingerprint density at radius 3 is 2.56 bits per heavy atom. The molecule has 3 nitrogen and oxygen atoms in total. The molecule has 4 heteroatoms. The van der Waals surface area contributed by atoms with Gasteiger partial charge < -0.3 is 9.64 Å². The number of anilines is 1. The summed E-state index contributed by atoms with van der Waals surface area (Å²) in [5.74, 6) is 3.34. The van der Waals surface area contributed by atoms with Crippen LogP contribution in [0.2, 0.25) is 12.6 Å². The molecule has 2 aliphatic rings. The highest BCUT2D eigenvalue weighted by atomic mass is 16.5. The SMILES string of the molecule is N#CB1CC2(CCCN(c3ccc(OCc4ccccc4)cc3)C2)C1. The van der Waals surface area contributed by atoms with Crippen molar-refractivity contribution in [2.75, 3.05) is 18.0 Å². The molecule has 2 heterocycles. The maximum atomic E-state index is 9.07. The van der Waals surface area contributed by atoms with E-state index in [2.05, 4.69) is 47.3 Å². The first kappa shape index (κ1) is 16.1. The molecule has 0 N–H and O–H groups in total. The van der Waals surface area contributed by atoms with Gasteiger partial charge in [-0.05, 0) is 48.1 Å². The summed E-state index contributed by atoms with van der Waals surface area (Å²) in [5, 5.41) is 9.07. The Labute approximate surface area is 150 Å². The summed E-state index contributed by atoms with van der Waals surface area (Å²) >= 11 is 0. The number of nitriles is 1. The predicted molar refractivity (Wildman–Crippen MR) is 102 cm³/mol. The van der Waals surface area contributed by atoms with Crippen molar-refractivity contribution < 1.29 is 4.74 Å². The molecule has 1 spiro atoms. The van der Waals surface area contributed by atoms with Crippen molar-refractivity contribution >= 4 is 12.4 Å². The van der Waals surface area contributed by atoms with E-state index in [9.17, 15) is 0 Å². The highest BCUT2D eigenvalue weighted by Gasteiger charge is 2.48. The van der Waals surface area contributed by atoms with Crippen LogP contribution >= 0.6 is 0 Å². The largest absolute Gasteiger partial charge is 0.489 e. The second kappa shape index (κ2) is 6.84. The van der Waals surface area contributed by atoms with Crippen LogP contribution < -0.4 is 9.64 Å². The van der Waals surface area contributed by atoms with Gasteiger partial charge in [-0.2, -0.15) is 0 Å². The van der Waals surface area contributed by atoms with E-state index in [1.165, 1.54) is 24.1 Å². The lowest BCUT2D eigenvalue weighted by atomic mass is 9.26. The Hall–Kier alpha value is -2.41. The third-order valence-electron chi connectivity index (χ3n) is 5.65. The molecule has 0 saturated carbocycles. The van der Waals surface area contributed by atoms with Gasteiger partial charge in [0.15, 0.2) is 0 Å². The third kappa shape index (κ3) is 3.51. The first-order chi connectivity index (χ1) is 12.3. The Bertz CT molecular complexity index is 748. The third-order valence-corrected chi connectivity index (χ3v) is 5.65. The molecule has 25 heavy (non-hydrogen) atoms. The van der Waals surface area contributed by atoms with Crippen molar-refractivity contribution in [2.24, 2.45) is 5.41 Å². The van der Waals surface area contributed by atoms with Crippen molar-refractivity contribution in [2.45, 2.75) is 32.1 Å². The molecule has 2 aromatic rings. The molecule has 0 unspecified atom stereocenters. The molecule has 0 aromatic heterocycles. The summed E-state index contributed by atoms with van der Waals surface area (Å²) in [6, 6.07) is 18.7. The summed E-state index contributed by atoms with van der Waals surface area (Å²) in [7, 11) is 0. The van der Waals surface area contributed by atoms with E-state index < -0.39 is 0 Å². The number of benzene rings is 2. The van der Waals surface area contributed by atoms with E-state index in [-0.39, 0.29) is 6.71 Å². The Balaban J connectivity index is 1.36. The first-order valence-corrected chi connectivity index (χ1v) is 9.18. The van der Waals surface area contributed by atoms with E-state index in [0.29, 0.717) is 12.0 Å². The van der Waals surface area contributed by atoms with E-state index >= 15 is 0 Å². The fourth-order valence-electron chi connectivity index (χ4n) is 4.33.